The molecule has 42 heavy (non-hydrogen) atoms. The number of benzene rings is 3. The Morgan fingerprint density at radius 1 is 0.905 bits per heavy atom. The van der Waals surface area contributed by atoms with Crippen LogP contribution in [0.2, 0.25) is 0 Å². The van der Waals surface area contributed by atoms with Crippen molar-refractivity contribution in [2.45, 2.75) is 83.4 Å². The fourth-order valence-corrected chi connectivity index (χ4v) is 4.82. The maximum absolute atomic E-state index is 14.0. The molecule has 4 rings (SSSR count). The van der Waals surface area contributed by atoms with E-state index in [1.54, 1.807) is 40.7 Å². The Labute approximate surface area is 245 Å². The van der Waals surface area contributed by atoms with Crippen LogP contribution in [0.3, 0.4) is 0 Å². The topological polar surface area (TPSA) is 66.0 Å². The van der Waals surface area contributed by atoms with Crippen molar-refractivity contribution in [2.75, 3.05) is 19.8 Å². The van der Waals surface area contributed by atoms with Crippen LogP contribution in [0.1, 0.15) is 64.2 Å². The highest BCUT2D eigenvalue weighted by Crippen LogP contribution is 2.38. The molecular weight excluding hydrogens is 547 g/mol. The minimum atomic E-state index is -4.59. The molecule has 9 heteroatoms. The number of fused-ring (bicyclic) bond motifs is 1. The van der Waals surface area contributed by atoms with Gasteiger partial charge in [-0.3, -0.25) is 0 Å². The summed E-state index contributed by atoms with van der Waals surface area (Å²) in [5.41, 5.74) is -0.933. The van der Waals surface area contributed by atoms with Crippen molar-refractivity contribution in [1.29, 1.82) is 0 Å². The summed E-state index contributed by atoms with van der Waals surface area (Å²) in [5, 5.41) is 5.13. The number of ether oxygens (including phenoxy) is 4. The van der Waals surface area contributed by atoms with Crippen LogP contribution < -0.4 is 10.1 Å². The molecule has 1 fully saturated rings. The van der Waals surface area contributed by atoms with Gasteiger partial charge in [0.1, 0.15) is 11.4 Å². The Bertz CT molecular complexity index is 1370. The van der Waals surface area contributed by atoms with Crippen molar-refractivity contribution < 1.29 is 36.9 Å². The number of nitrogens with one attached hydrogen (secondary N) is 1. The molecule has 1 amide bonds. The minimum absolute atomic E-state index is 0.129. The Kier molecular flexibility index (Phi) is 9.42. The standard InChI is InChI=1S/C33H40F3NO5/c1-30(2,3)42-29(38)37-32(21-40-31(4,5)41-22-32)17-16-24-13-15-28(27(20-24)33(34,35)36)39-18-8-9-23-12-14-25-10-6-7-11-26(25)19-23/h6-7,10-15,19-20H,8-9,16-18,21-22H2,1-5H3,(H,37,38). The second-order valence-corrected chi connectivity index (χ2v) is 12.3. The summed E-state index contributed by atoms with van der Waals surface area (Å²) < 4.78 is 64.8. The van der Waals surface area contributed by atoms with Crippen LogP contribution in [0.25, 0.3) is 10.8 Å². The Hall–Kier alpha value is -3.30. The molecule has 1 aliphatic rings. The first-order valence-corrected chi connectivity index (χ1v) is 14.2. The number of alkyl carbamates (subject to hydrolysis) is 1. The SMILES string of the molecule is CC(C)(C)OC(=O)NC1(CCc2ccc(OCCCc3ccc4ccccc4c3)c(C(F)(F)F)c2)COC(C)(C)OC1. The second-order valence-electron chi connectivity index (χ2n) is 12.3. The van der Waals surface area contributed by atoms with Crippen LogP contribution >= 0.6 is 0 Å². The zero-order valence-electron chi connectivity index (χ0n) is 24.9. The number of halogens is 3. The number of rotatable bonds is 9. The van der Waals surface area contributed by atoms with E-state index in [1.807, 2.05) is 36.4 Å². The molecule has 1 heterocycles. The van der Waals surface area contributed by atoms with E-state index in [1.165, 1.54) is 6.07 Å². The van der Waals surface area contributed by atoms with Gasteiger partial charge in [-0.25, -0.2) is 4.79 Å². The van der Waals surface area contributed by atoms with Crippen molar-refractivity contribution in [3.8, 4) is 5.75 Å². The monoisotopic (exact) mass is 587 g/mol. The maximum atomic E-state index is 14.0. The summed E-state index contributed by atoms with van der Waals surface area (Å²) >= 11 is 0. The van der Waals surface area contributed by atoms with E-state index in [2.05, 4.69) is 11.4 Å². The molecule has 1 aliphatic heterocycles. The van der Waals surface area contributed by atoms with Gasteiger partial charge >= 0.3 is 12.3 Å². The third-order valence-electron chi connectivity index (χ3n) is 7.08. The lowest BCUT2D eigenvalue weighted by Crippen LogP contribution is -2.61. The van der Waals surface area contributed by atoms with Gasteiger partial charge in [0, 0.05) is 0 Å². The quantitative estimate of drug-likeness (QED) is 0.258. The lowest BCUT2D eigenvalue weighted by Gasteiger charge is -2.44. The average Bonchev–Trinajstić information content (AvgIpc) is 2.90. The van der Waals surface area contributed by atoms with Gasteiger partial charge in [0.15, 0.2) is 5.79 Å². The van der Waals surface area contributed by atoms with Gasteiger partial charge in [-0.15, -0.1) is 0 Å². The van der Waals surface area contributed by atoms with E-state index in [9.17, 15) is 18.0 Å². The van der Waals surface area contributed by atoms with Crippen molar-refractivity contribution in [3.63, 3.8) is 0 Å². The van der Waals surface area contributed by atoms with E-state index in [-0.39, 0.29) is 38.4 Å². The smallest absolute Gasteiger partial charge is 0.419 e. The summed E-state index contributed by atoms with van der Waals surface area (Å²) in [5.74, 6) is -1.03. The molecule has 0 saturated carbocycles. The predicted molar refractivity (Wildman–Crippen MR) is 156 cm³/mol. The Morgan fingerprint density at radius 2 is 1.55 bits per heavy atom. The predicted octanol–water partition coefficient (Wildman–Crippen LogP) is 7.85. The van der Waals surface area contributed by atoms with Crippen molar-refractivity contribution in [1.82, 2.24) is 5.32 Å². The Morgan fingerprint density at radius 3 is 2.21 bits per heavy atom. The molecule has 0 atom stereocenters. The molecule has 0 aliphatic carbocycles. The largest absolute Gasteiger partial charge is 0.493 e. The first-order valence-electron chi connectivity index (χ1n) is 14.2. The van der Waals surface area contributed by atoms with Gasteiger partial charge in [0.05, 0.1) is 30.9 Å². The van der Waals surface area contributed by atoms with E-state index in [0.717, 1.165) is 22.4 Å². The van der Waals surface area contributed by atoms with Crippen molar-refractivity contribution in [3.05, 3.63) is 77.4 Å². The van der Waals surface area contributed by atoms with Gasteiger partial charge in [0.25, 0.3) is 0 Å². The first kappa shape index (κ1) is 31.6. The van der Waals surface area contributed by atoms with Crippen LogP contribution in [0.4, 0.5) is 18.0 Å². The molecule has 3 aromatic carbocycles. The molecular formula is C33H40F3NO5. The number of carbonyl (C=O) groups excluding carboxylic acids is 1. The van der Waals surface area contributed by atoms with Crippen LogP contribution in [0, 0.1) is 0 Å². The summed E-state index contributed by atoms with van der Waals surface area (Å²) in [4.78, 5) is 12.6. The first-order chi connectivity index (χ1) is 19.6. The zero-order valence-corrected chi connectivity index (χ0v) is 24.9. The summed E-state index contributed by atoms with van der Waals surface area (Å²) in [6.07, 6.45) is -3.43. The summed E-state index contributed by atoms with van der Waals surface area (Å²) in [7, 11) is 0. The van der Waals surface area contributed by atoms with E-state index >= 15 is 0 Å². The van der Waals surface area contributed by atoms with Gasteiger partial charge in [-0.05, 0) is 94.3 Å². The molecule has 0 aromatic heterocycles. The fraction of sp³-hybridized carbons (Fsp3) is 0.485. The molecule has 3 aromatic rings. The summed E-state index contributed by atoms with van der Waals surface area (Å²) in [6.45, 7) is 9.20. The maximum Gasteiger partial charge on any atom is 0.419 e. The van der Waals surface area contributed by atoms with E-state index < -0.39 is 34.8 Å². The normalized spacial score (nSPS) is 16.7. The zero-order chi connectivity index (χ0) is 30.6. The van der Waals surface area contributed by atoms with Crippen molar-refractivity contribution >= 4 is 16.9 Å². The highest BCUT2D eigenvalue weighted by molar-refractivity contribution is 5.83. The molecule has 0 spiro atoms. The van der Waals surface area contributed by atoms with Gasteiger partial charge < -0.3 is 24.3 Å². The fourth-order valence-electron chi connectivity index (χ4n) is 4.82. The van der Waals surface area contributed by atoms with Crippen LogP contribution in [-0.2, 0) is 33.2 Å². The minimum Gasteiger partial charge on any atom is -0.493 e. The number of aryl methyl sites for hydroxylation is 2. The molecule has 228 valence electrons. The van der Waals surface area contributed by atoms with Crippen LogP contribution in [0.15, 0.2) is 60.7 Å². The van der Waals surface area contributed by atoms with Crippen molar-refractivity contribution in [2.24, 2.45) is 0 Å². The summed E-state index contributed by atoms with van der Waals surface area (Å²) in [6, 6.07) is 18.3. The lowest BCUT2D eigenvalue weighted by atomic mass is 9.91. The van der Waals surface area contributed by atoms with Gasteiger partial charge in [0.2, 0.25) is 0 Å². The third-order valence-corrected chi connectivity index (χ3v) is 7.08. The van der Waals surface area contributed by atoms with Crippen LogP contribution in [0.5, 0.6) is 5.75 Å². The number of carbonyl (C=O) groups is 1. The number of hydrogen-bond acceptors (Lipinski definition) is 5. The van der Waals surface area contributed by atoms with Gasteiger partial charge in [-0.2, -0.15) is 13.2 Å². The molecule has 1 saturated heterocycles. The van der Waals surface area contributed by atoms with Crippen LogP contribution in [-0.4, -0.2) is 42.8 Å². The molecule has 0 radical (unpaired) electrons. The molecule has 6 nitrogen and oxygen atoms in total. The molecule has 0 bridgehead atoms. The number of alkyl halides is 3. The van der Waals surface area contributed by atoms with E-state index in [4.69, 9.17) is 18.9 Å². The van der Waals surface area contributed by atoms with Gasteiger partial charge in [-0.1, -0.05) is 48.5 Å². The number of hydrogen-bond donors (Lipinski definition) is 1. The average molecular weight is 588 g/mol. The lowest BCUT2D eigenvalue weighted by molar-refractivity contribution is -0.271. The highest BCUT2D eigenvalue weighted by atomic mass is 19.4. The van der Waals surface area contributed by atoms with E-state index in [0.29, 0.717) is 18.4 Å². The number of amides is 1. The molecule has 1 N–H and O–H groups in total. The third kappa shape index (κ3) is 8.85. The Balaban J connectivity index is 1.40. The second kappa shape index (κ2) is 12.5. The molecule has 0 unspecified atom stereocenters. The highest BCUT2D eigenvalue weighted by Gasteiger charge is 2.42.